The molecule has 11 heteroatoms. The molecule has 1 aliphatic heterocycles. The average Bonchev–Trinajstić information content (AvgIpc) is 3.40. The zero-order valence-corrected chi connectivity index (χ0v) is 21.1. The predicted molar refractivity (Wildman–Crippen MR) is 138 cm³/mol. The van der Waals surface area contributed by atoms with Crippen molar-refractivity contribution in [3.8, 4) is 22.5 Å². The van der Waals surface area contributed by atoms with Gasteiger partial charge in [-0.3, -0.25) is 14.3 Å². The lowest BCUT2D eigenvalue weighted by atomic mass is 9.96. The highest BCUT2D eigenvalue weighted by atomic mass is 16.2. The number of rotatable bonds is 5. The van der Waals surface area contributed by atoms with Crippen molar-refractivity contribution in [3.63, 3.8) is 0 Å². The maximum absolute atomic E-state index is 13.4. The van der Waals surface area contributed by atoms with Crippen LogP contribution in [0.15, 0.2) is 42.9 Å². The molecular weight excluding hydrogens is 470 g/mol. The number of fused-ring (bicyclic) bond motifs is 1. The third kappa shape index (κ3) is 3.90. The summed E-state index contributed by atoms with van der Waals surface area (Å²) in [4.78, 5) is 33.1. The summed E-state index contributed by atoms with van der Waals surface area (Å²) in [6.45, 7) is 6.83. The van der Waals surface area contributed by atoms with Gasteiger partial charge in [0.2, 0.25) is 5.91 Å². The van der Waals surface area contributed by atoms with E-state index in [4.69, 9.17) is 5.73 Å². The first-order valence-electron chi connectivity index (χ1n) is 12.5. The van der Waals surface area contributed by atoms with Crippen molar-refractivity contribution >= 4 is 28.8 Å². The first kappa shape index (κ1) is 23.1. The molecule has 4 heterocycles. The van der Waals surface area contributed by atoms with E-state index in [-0.39, 0.29) is 11.8 Å². The summed E-state index contributed by atoms with van der Waals surface area (Å²) in [5.41, 5.74) is 9.96. The molecule has 6 rings (SSSR count). The van der Waals surface area contributed by atoms with Crippen LogP contribution in [0.3, 0.4) is 0 Å². The lowest BCUT2D eigenvalue weighted by Gasteiger charge is -2.45. The second-order valence-electron chi connectivity index (χ2n) is 10.4. The molecule has 0 bridgehead atoms. The zero-order chi connectivity index (χ0) is 25.9. The molecule has 2 fully saturated rings. The Hall–Kier alpha value is -4.28. The Morgan fingerprint density at radius 2 is 2.00 bits per heavy atom. The van der Waals surface area contributed by atoms with Crippen LogP contribution < -0.4 is 10.6 Å². The Kier molecular flexibility index (Phi) is 5.25. The third-order valence-electron chi connectivity index (χ3n) is 7.36. The van der Waals surface area contributed by atoms with Crippen LogP contribution in [0.1, 0.15) is 33.6 Å². The van der Waals surface area contributed by atoms with E-state index in [1.807, 2.05) is 41.2 Å². The fraction of sp³-hybridized carbons (Fsp3) is 0.385. The highest BCUT2D eigenvalue weighted by Gasteiger charge is 2.43. The van der Waals surface area contributed by atoms with Gasteiger partial charge in [0.15, 0.2) is 5.82 Å². The average molecular weight is 500 g/mol. The van der Waals surface area contributed by atoms with E-state index in [1.165, 1.54) is 26.1 Å². The molecular formula is C26H29N9O2. The van der Waals surface area contributed by atoms with Gasteiger partial charge in [-0.05, 0) is 50.8 Å². The summed E-state index contributed by atoms with van der Waals surface area (Å²) in [6, 6.07) is 9.75. The Morgan fingerprint density at radius 1 is 1.19 bits per heavy atom. The van der Waals surface area contributed by atoms with Crippen molar-refractivity contribution < 1.29 is 9.59 Å². The van der Waals surface area contributed by atoms with Crippen molar-refractivity contribution in [2.45, 2.75) is 45.7 Å². The molecule has 1 saturated carbocycles. The number of amides is 2. The number of hydrogen-bond acceptors (Lipinski definition) is 7. The molecule has 11 nitrogen and oxygen atoms in total. The number of aromatic nitrogens is 6. The Bertz CT molecular complexity index is 1530. The van der Waals surface area contributed by atoms with Crippen LogP contribution in [0.5, 0.6) is 0 Å². The number of nitrogen functional groups attached to an aromatic ring is 1. The van der Waals surface area contributed by atoms with E-state index in [0.717, 1.165) is 29.1 Å². The fourth-order valence-electron chi connectivity index (χ4n) is 5.20. The van der Waals surface area contributed by atoms with Crippen LogP contribution in [0.25, 0.3) is 28.0 Å². The molecule has 0 unspecified atom stereocenters. The monoisotopic (exact) mass is 499 g/mol. The molecule has 1 aliphatic carbocycles. The maximum Gasteiger partial charge on any atom is 0.252 e. The van der Waals surface area contributed by atoms with Crippen molar-refractivity contribution in [2.75, 3.05) is 23.7 Å². The number of carbonyl (C=O) groups is 2. The highest BCUT2D eigenvalue weighted by Crippen LogP contribution is 2.36. The third-order valence-corrected chi connectivity index (χ3v) is 7.36. The zero-order valence-electron chi connectivity index (χ0n) is 21.1. The van der Waals surface area contributed by atoms with Crippen molar-refractivity contribution in [1.82, 2.24) is 34.5 Å². The number of hydrogen-bond donors (Lipinski definition) is 1. The van der Waals surface area contributed by atoms with Crippen LogP contribution >= 0.6 is 0 Å². The molecule has 190 valence electrons. The summed E-state index contributed by atoms with van der Waals surface area (Å²) in [5, 5.41) is 13.2. The molecule has 4 aromatic rings. The van der Waals surface area contributed by atoms with E-state index in [9.17, 15) is 9.59 Å². The molecule has 3 aromatic heterocycles. The summed E-state index contributed by atoms with van der Waals surface area (Å²) >= 11 is 0. The largest absolute Gasteiger partial charge is 0.382 e. The molecule has 1 saturated heterocycles. The highest BCUT2D eigenvalue weighted by molar-refractivity contribution is 6.03. The van der Waals surface area contributed by atoms with Crippen LogP contribution in [0.2, 0.25) is 0 Å². The quantitative estimate of drug-likeness (QED) is 0.447. The van der Waals surface area contributed by atoms with Crippen molar-refractivity contribution in [3.05, 3.63) is 42.9 Å². The molecule has 2 aliphatic rings. The van der Waals surface area contributed by atoms with E-state index in [1.54, 1.807) is 28.2 Å². The second-order valence-corrected chi connectivity index (χ2v) is 10.4. The van der Waals surface area contributed by atoms with Gasteiger partial charge in [-0.2, -0.15) is 5.10 Å². The normalized spacial score (nSPS) is 17.5. The minimum Gasteiger partial charge on any atom is -0.382 e. The van der Waals surface area contributed by atoms with Gasteiger partial charge in [-0.15, -0.1) is 5.10 Å². The molecule has 0 radical (unpaired) electrons. The fourth-order valence-corrected chi connectivity index (χ4v) is 5.20. The maximum atomic E-state index is 13.4. The Balaban J connectivity index is 1.40. The Labute approximate surface area is 213 Å². The SMILES string of the molecule is CC(=O)N1CCN(c2cccc(-c3cc(-c4cn(CC5CC5)nn4)c4c(N)ncnn34)c2)C(=O)C1(C)C. The van der Waals surface area contributed by atoms with E-state index in [2.05, 4.69) is 20.4 Å². The van der Waals surface area contributed by atoms with Gasteiger partial charge in [-0.1, -0.05) is 17.3 Å². The number of nitrogens with two attached hydrogens (primary N) is 1. The molecule has 37 heavy (non-hydrogen) atoms. The number of piperazine rings is 1. The Morgan fingerprint density at radius 3 is 2.76 bits per heavy atom. The number of benzene rings is 1. The molecule has 2 amide bonds. The van der Waals surface area contributed by atoms with Gasteiger partial charge in [-0.25, -0.2) is 9.50 Å². The van der Waals surface area contributed by atoms with Crippen LogP contribution in [-0.2, 0) is 16.1 Å². The van der Waals surface area contributed by atoms with E-state index in [0.29, 0.717) is 36.0 Å². The van der Waals surface area contributed by atoms with Gasteiger partial charge >= 0.3 is 0 Å². The van der Waals surface area contributed by atoms with Gasteiger partial charge in [0, 0.05) is 43.4 Å². The summed E-state index contributed by atoms with van der Waals surface area (Å²) < 4.78 is 3.64. The topological polar surface area (TPSA) is 128 Å². The van der Waals surface area contributed by atoms with Gasteiger partial charge in [0.1, 0.15) is 23.1 Å². The van der Waals surface area contributed by atoms with Crippen LogP contribution in [-0.4, -0.2) is 64.9 Å². The van der Waals surface area contributed by atoms with Crippen molar-refractivity contribution in [1.29, 1.82) is 0 Å². The number of nitrogens with zero attached hydrogens (tertiary/aromatic N) is 8. The minimum atomic E-state index is -0.928. The van der Waals surface area contributed by atoms with Gasteiger partial charge in [0.25, 0.3) is 5.91 Å². The molecule has 2 N–H and O–H groups in total. The van der Waals surface area contributed by atoms with E-state index >= 15 is 0 Å². The first-order chi connectivity index (χ1) is 17.7. The van der Waals surface area contributed by atoms with Crippen LogP contribution in [0, 0.1) is 5.92 Å². The summed E-state index contributed by atoms with van der Waals surface area (Å²) in [6.07, 6.45) is 5.83. The standard InChI is InChI=1S/C26H29N9O2/c1-16(36)34-10-9-33(25(37)26(34,2)3)19-6-4-5-18(11-19)22-12-20(23-24(27)28-15-29-35(22)23)21-14-32(31-30-21)13-17-7-8-17/h4-6,11-12,14-15,17H,7-10,13H2,1-3H3,(H2,27,28,29). The van der Waals surface area contributed by atoms with Gasteiger partial charge in [0.05, 0.1) is 11.9 Å². The van der Waals surface area contributed by atoms with Crippen molar-refractivity contribution in [2.24, 2.45) is 5.92 Å². The lowest BCUT2D eigenvalue weighted by molar-refractivity contribution is -0.145. The van der Waals surface area contributed by atoms with Gasteiger partial charge < -0.3 is 15.5 Å². The number of carbonyl (C=O) groups excluding carboxylic acids is 2. The smallest absolute Gasteiger partial charge is 0.252 e. The molecule has 1 aromatic carbocycles. The lowest BCUT2D eigenvalue weighted by Crippen LogP contribution is -2.64. The summed E-state index contributed by atoms with van der Waals surface area (Å²) in [7, 11) is 0. The first-order valence-corrected chi connectivity index (χ1v) is 12.5. The van der Waals surface area contributed by atoms with E-state index < -0.39 is 5.54 Å². The predicted octanol–water partition coefficient (Wildman–Crippen LogP) is 2.62. The minimum absolute atomic E-state index is 0.106. The second kappa shape index (κ2) is 8.39. The number of anilines is 2. The molecule has 0 spiro atoms. The summed E-state index contributed by atoms with van der Waals surface area (Å²) in [5.74, 6) is 0.800. The van der Waals surface area contributed by atoms with Crippen LogP contribution in [0.4, 0.5) is 11.5 Å². The molecule has 0 atom stereocenters.